The van der Waals surface area contributed by atoms with Crippen molar-refractivity contribution in [2.45, 2.75) is 32.7 Å². The summed E-state index contributed by atoms with van der Waals surface area (Å²) in [6.07, 6.45) is 0.998. The maximum Gasteiger partial charge on any atom is 0.305 e. The van der Waals surface area contributed by atoms with E-state index in [1.54, 1.807) is 6.92 Å². The number of carbonyl (C=O) groups excluding carboxylic acids is 1. The lowest BCUT2D eigenvalue weighted by Crippen LogP contribution is -2.37. The third-order valence-electron chi connectivity index (χ3n) is 2.18. The highest BCUT2D eigenvalue weighted by atomic mass is 16.5. The van der Waals surface area contributed by atoms with Crippen LogP contribution in [0.15, 0.2) is 12.2 Å². The van der Waals surface area contributed by atoms with Gasteiger partial charge in [-0.25, -0.2) is 0 Å². The van der Waals surface area contributed by atoms with E-state index < -0.39 is 0 Å². The van der Waals surface area contributed by atoms with Crippen LogP contribution in [0.25, 0.3) is 0 Å². The number of carbonyl (C=O) groups is 1. The van der Waals surface area contributed by atoms with Crippen LogP contribution >= 0.6 is 0 Å². The summed E-state index contributed by atoms with van der Waals surface area (Å²) in [5, 5.41) is 9.11. The molecule has 0 saturated carbocycles. The zero-order chi connectivity index (χ0) is 11.8. The van der Waals surface area contributed by atoms with Gasteiger partial charge < -0.3 is 15.6 Å². The number of aliphatic hydroxyl groups is 1. The fourth-order valence-corrected chi connectivity index (χ4v) is 1.23. The van der Waals surface area contributed by atoms with E-state index in [-0.39, 0.29) is 31.1 Å². The third-order valence-corrected chi connectivity index (χ3v) is 2.18. The van der Waals surface area contributed by atoms with Crippen LogP contribution in [-0.2, 0) is 9.53 Å². The molecule has 0 aliphatic carbocycles. The van der Waals surface area contributed by atoms with Crippen molar-refractivity contribution in [3.8, 4) is 0 Å². The molecule has 0 rings (SSSR count). The minimum Gasteiger partial charge on any atom is -0.464 e. The van der Waals surface area contributed by atoms with Gasteiger partial charge in [0.15, 0.2) is 0 Å². The fraction of sp³-hybridized carbons (Fsp3) is 0.727. The molecule has 15 heavy (non-hydrogen) atoms. The number of hydrogen-bond donors (Lipinski definition) is 2. The molecule has 88 valence electrons. The van der Waals surface area contributed by atoms with Crippen molar-refractivity contribution in [1.82, 2.24) is 0 Å². The molecule has 0 radical (unpaired) electrons. The molecule has 0 aromatic rings. The van der Waals surface area contributed by atoms with Crippen LogP contribution in [0.4, 0.5) is 0 Å². The Morgan fingerprint density at radius 3 is 2.60 bits per heavy atom. The van der Waals surface area contributed by atoms with Gasteiger partial charge in [-0.3, -0.25) is 4.79 Å². The Morgan fingerprint density at radius 2 is 2.20 bits per heavy atom. The van der Waals surface area contributed by atoms with Gasteiger partial charge in [0.05, 0.1) is 0 Å². The first kappa shape index (κ1) is 14.1. The molecule has 4 nitrogen and oxygen atoms in total. The minimum absolute atomic E-state index is 0.0162. The summed E-state index contributed by atoms with van der Waals surface area (Å²) in [6.45, 7) is 7.51. The van der Waals surface area contributed by atoms with E-state index in [4.69, 9.17) is 15.6 Å². The van der Waals surface area contributed by atoms with Crippen LogP contribution in [0.3, 0.4) is 0 Å². The topological polar surface area (TPSA) is 72.6 Å². The summed E-state index contributed by atoms with van der Waals surface area (Å²) in [6, 6.07) is -0.331. The molecule has 0 saturated heterocycles. The van der Waals surface area contributed by atoms with E-state index in [0.29, 0.717) is 12.8 Å². The normalized spacial score (nSPS) is 14.4. The first-order valence-corrected chi connectivity index (χ1v) is 5.17. The Morgan fingerprint density at radius 1 is 1.60 bits per heavy atom. The molecule has 0 spiro atoms. The molecular formula is C11H21NO3. The van der Waals surface area contributed by atoms with Gasteiger partial charge in [-0.2, -0.15) is 0 Å². The molecule has 0 heterocycles. The van der Waals surface area contributed by atoms with Gasteiger partial charge in [0.2, 0.25) is 0 Å². The molecule has 0 fully saturated rings. The van der Waals surface area contributed by atoms with Crippen LogP contribution in [0, 0.1) is 5.92 Å². The number of allylic oxidation sites excluding steroid dienone is 1. The molecule has 0 amide bonds. The van der Waals surface area contributed by atoms with Crippen molar-refractivity contribution >= 4 is 5.97 Å². The number of esters is 1. The van der Waals surface area contributed by atoms with E-state index in [0.717, 1.165) is 5.57 Å². The minimum atomic E-state index is -0.331. The van der Waals surface area contributed by atoms with Gasteiger partial charge in [-0.05, 0) is 13.3 Å². The maximum absolute atomic E-state index is 10.9. The lowest BCUT2D eigenvalue weighted by Gasteiger charge is -2.21. The van der Waals surface area contributed by atoms with Crippen molar-refractivity contribution in [3.63, 3.8) is 0 Å². The van der Waals surface area contributed by atoms with Crippen LogP contribution in [-0.4, -0.2) is 30.3 Å². The highest BCUT2D eigenvalue weighted by molar-refractivity contribution is 5.68. The van der Waals surface area contributed by atoms with Gasteiger partial charge in [0.1, 0.15) is 6.61 Å². The first-order valence-electron chi connectivity index (χ1n) is 5.17. The summed E-state index contributed by atoms with van der Waals surface area (Å²) >= 11 is 0. The number of ether oxygens (including phenoxy) is 1. The van der Waals surface area contributed by atoms with Crippen LogP contribution in [0.2, 0.25) is 0 Å². The Bertz CT molecular complexity index is 216. The average Bonchev–Trinajstić information content (AvgIpc) is 2.21. The first-order chi connectivity index (χ1) is 7.01. The second kappa shape index (κ2) is 7.43. The zero-order valence-electron chi connectivity index (χ0n) is 9.53. The number of nitrogens with two attached hydrogens (primary N) is 1. The van der Waals surface area contributed by atoms with Crippen molar-refractivity contribution in [2.24, 2.45) is 11.7 Å². The molecule has 4 heteroatoms. The van der Waals surface area contributed by atoms with E-state index in [1.165, 1.54) is 0 Å². The smallest absolute Gasteiger partial charge is 0.305 e. The Balaban J connectivity index is 3.98. The van der Waals surface area contributed by atoms with Gasteiger partial charge in [0, 0.05) is 25.0 Å². The fourth-order valence-electron chi connectivity index (χ4n) is 1.23. The molecule has 2 atom stereocenters. The van der Waals surface area contributed by atoms with Crippen molar-refractivity contribution in [1.29, 1.82) is 0 Å². The summed E-state index contributed by atoms with van der Waals surface area (Å²) < 4.78 is 4.91. The quantitative estimate of drug-likeness (QED) is 0.487. The zero-order valence-corrected chi connectivity index (χ0v) is 9.53. The molecule has 0 aliphatic rings. The standard InChI is InChI=1S/C11H21NO3/c1-4-11(14)15-7-10(12)9(6-13)5-8(2)3/h9-10,13H,2,4-7,12H2,1,3H3/t9-,10+/m1/s1. The predicted molar refractivity (Wildman–Crippen MR) is 59.2 cm³/mol. The lowest BCUT2D eigenvalue weighted by molar-refractivity contribution is -0.144. The second-order valence-electron chi connectivity index (χ2n) is 3.80. The second-order valence-corrected chi connectivity index (χ2v) is 3.80. The monoisotopic (exact) mass is 215 g/mol. The molecular weight excluding hydrogens is 194 g/mol. The van der Waals surface area contributed by atoms with Gasteiger partial charge in [0.25, 0.3) is 0 Å². The van der Waals surface area contributed by atoms with E-state index in [2.05, 4.69) is 6.58 Å². The molecule has 0 unspecified atom stereocenters. The predicted octanol–water partition coefficient (Wildman–Crippen LogP) is 0.842. The highest BCUT2D eigenvalue weighted by Gasteiger charge is 2.18. The summed E-state index contributed by atoms with van der Waals surface area (Å²) in [4.78, 5) is 10.9. The largest absolute Gasteiger partial charge is 0.464 e. The lowest BCUT2D eigenvalue weighted by atomic mass is 9.95. The number of hydrogen-bond acceptors (Lipinski definition) is 4. The Hall–Kier alpha value is -0.870. The van der Waals surface area contributed by atoms with Crippen molar-refractivity contribution < 1.29 is 14.6 Å². The van der Waals surface area contributed by atoms with Crippen LogP contribution < -0.4 is 5.73 Å². The van der Waals surface area contributed by atoms with Crippen molar-refractivity contribution in [2.75, 3.05) is 13.2 Å². The van der Waals surface area contributed by atoms with Gasteiger partial charge in [-0.1, -0.05) is 12.5 Å². The van der Waals surface area contributed by atoms with Crippen molar-refractivity contribution in [3.05, 3.63) is 12.2 Å². The van der Waals surface area contributed by atoms with E-state index >= 15 is 0 Å². The highest BCUT2D eigenvalue weighted by Crippen LogP contribution is 2.12. The average molecular weight is 215 g/mol. The summed E-state index contributed by atoms with van der Waals surface area (Å²) in [5.41, 5.74) is 6.77. The molecule has 0 aromatic heterocycles. The van der Waals surface area contributed by atoms with Crippen LogP contribution in [0.5, 0.6) is 0 Å². The van der Waals surface area contributed by atoms with Gasteiger partial charge >= 0.3 is 5.97 Å². The molecule has 0 aliphatic heterocycles. The number of aliphatic hydroxyl groups excluding tert-OH is 1. The Kier molecular flexibility index (Phi) is 6.99. The molecule has 3 N–H and O–H groups in total. The van der Waals surface area contributed by atoms with Gasteiger partial charge in [-0.15, -0.1) is 6.58 Å². The maximum atomic E-state index is 10.9. The van der Waals surface area contributed by atoms with E-state index in [1.807, 2.05) is 6.92 Å². The third kappa shape index (κ3) is 6.25. The number of rotatable bonds is 7. The molecule has 0 aromatic carbocycles. The summed E-state index contributed by atoms with van der Waals surface area (Å²) in [7, 11) is 0. The molecule has 0 bridgehead atoms. The van der Waals surface area contributed by atoms with Crippen LogP contribution in [0.1, 0.15) is 26.7 Å². The SMILES string of the molecule is C=C(C)C[C@H](CO)[C@@H](N)COC(=O)CC. The summed E-state index contributed by atoms with van der Waals surface area (Å²) in [5.74, 6) is -0.357. The van der Waals surface area contributed by atoms with E-state index in [9.17, 15) is 4.79 Å². The Labute approximate surface area is 91.1 Å².